The fourth-order valence-corrected chi connectivity index (χ4v) is 4.62. The zero-order valence-corrected chi connectivity index (χ0v) is 22.4. The number of unbranched alkanes of at least 4 members (excludes halogenated alkanes) is 1. The molecule has 34 heavy (non-hydrogen) atoms. The maximum Gasteiger partial charge on any atom is 0.244 e. The third kappa shape index (κ3) is 8.02. The van der Waals surface area contributed by atoms with Crippen LogP contribution in [0.5, 0.6) is 5.75 Å². The molecule has 1 N–H and O–H groups in total. The molecule has 0 fully saturated rings. The molecule has 2 aromatic carbocycles. The highest BCUT2D eigenvalue weighted by molar-refractivity contribution is 9.10. The molecule has 2 amide bonds. The van der Waals surface area contributed by atoms with Gasteiger partial charge < -0.3 is 15.0 Å². The number of rotatable bonds is 12. The van der Waals surface area contributed by atoms with Crippen LogP contribution >= 0.6 is 15.9 Å². The number of hydrogen-bond donors (Lipinski definition) is 1. The number of halogens is 1. The Kier molecular flexibility index (Phi) is 10.4. The van der Waals surface area contributed by atoms with Crippen LogP contribution in [-0.4, -0.2) is 57.6 Å². The van der Waals surface area contributed by atoms with E-state index in [0.717, 1.165) is 33.4 Å². The van der Waals surface area contributed by atoms with E-state index in [0.29, 0.717) is 18.0 Å². The van der Waals surface area contributed by atoms with Gasteiger partial charge in [0.2, 0.25) is 21.8 Å². The molecule has 0 spiro atoms. The number of carbonyl (C=O) groups is 2. The van der Waals surface area contributed by atoms with Gasteiger partial charge in [0, 0.05) is 23.6 Å². The van der Waals surface area contributed by atoms with Crippen LogP contribution in [0.2, 0.25) is 0 Å². The maximum absolute atomic E-state index is 13.5. The molecular weight excluding hydrogens is 522 g/mol. The van der Waals surface area contributed by atoms with Gasteiger partial charge in [-0.2, -0.15) is 0 Å². The lowest BCUT2D eigenvalue weighted by Crippen LogP contribution is -2.51. The molecule has 0 bridgehead atoms. The number of nitrogens with one attached hydrogen (secondary N) is 1. The summed E-state index contributed by atoms with van der Waals surface area (Å²) in [6.07, 6.45) is 2.80. The summed E-state index contributed by atoms with van der Waals surface area (Å²) in [5.74, 6) is -0.316. The Hall–Kier alpha value is -2.59. The summed E-state index contributed by atoms with van der Waals surface area (Å²) < 4.78 is 32.3. The summed E-state index contributed by atoms with van der Waals surface area (Å²) in [4.78, 5) is 27.7. The number of methoxy groups -OCH3 is 1. The second kappa shape index (κ2) is 12.8. The molecule has 0 unspecified atom stereocenters. The molecule has 10 heteroatoms. The monoisotopic (exact) mass is 553 g/mol. The Morgan fingerprint density at radius 2 is 1.85 bits per heavy atom. The molecule has 0 aliphatic carbocycles. The third-order valence-corrected chi connectivity index (χ3v) is 6.89. The average Bonchev–Trinajstić information content (AvgIpc) is 2.79. The van der Waals surface area contributed by atoms with E-state index in [1.54, 1.807) is 31.2 Å². The zero-order valence-electron chi connectivity index (χ0n) is 20.0. The van der Waals surface area contributed by atoms with E-state index in [1.165, 1.54) is 12.0 Å². The molecular formula is C24H32BrN3O5S. The summed E-state index contributed by atoms with van der Waals surface area (Å²) in [5, 5.41) is 2.86. The van der Waals surface area contributed by atoms with Gasteiger partial charge in [0.05, 0.1) is 19.1 Å². The number of carbonyl (C=O) groups excluding carboxylic acids is 2. The number of sulfonamides is 1. The standard InChI is InChI=1S/C24H32BrN3O5S/c1-5-6-13-26-24(30)18(2)27(16-19-9-7-10-20(25)14-19)23(29)17-28(34(4,31)32)21-11-8-12-22(15-21)33-3/h7-12,14-15,18H,5-6,13,16-17H2,1-4H3,(H,26,30)/t18-/m0/s1. The molecule has 2 aromatic rings. The van der Waals surface area contributed by atoms with Crippen molar-refractivity contribution >= 4 is 43.5 Å². The zero-order chi connectivity index (χ0) is 25.3. The smallest absolute Gasteiger partial charge is 0.244 e. The van der Waals surface area contributed by atoms with Gasteiger partial charge in [-0.25, -0.2) is 8.42 Å². The van der Waals surface area contributed by atoms with Gasteiger partial charge in [0.1, 0.15) is 18.3 Å². The number of ether oxygens (including phenoxy) is 1. The van der Waals surface area contributed by atoms with Gasteiger partial charge in [-0.1, -0.05) is 47.5 Å². The Morgan fingerprint density at radius 1 is 1.15 bits per heavy atom. The summed E-state index contributed by atoms with van der Waals surface area (Å²) >= 11 is 3.43. The van der Waals surface area contributed by atoms with E-state index < -0.39 is 28.5 Å². The Balaban J connectivity index is 2.36. The van der Waals surface area contributed by atoms with Crippen molar-refractivity contribution in [3.8, 4) is 5.75 Å². The van der Waals surface area contributed by atoms with Gasteiger partial charge in [0.25, 0.3) is 0 Å². The second-order valence-electron chi connectivity index (χ2n) is 7.94. The fraction of sp³-hybridized carbons (Fsp3) is 0.417. The van der Waals surface area contributed by atoms with E-state index in [1.807, 2.05) is 31.2 Å². The van der Waals surface area contributed by atoms with Crippen LogP contribution in [0, 0.1) is 0 Å². The molecule has 186 valence electrons. The first-order chi connectivity index (χ1) is 16.1. The highest BCUT2D eigenvalue weighted by atomic mass is 79.9. The first kappa shape index (κ1) is 27.7. The fourth-order valence-electron chi connectivity index (χ4n) is 3.33. The predicted molar refractivity (Wildman–Crippen MR) is 137 cm³/mol. The normalized spacial score (nSPS) is 12.0. The minimum absolute atomic E-state index is 0.149. The lowest BCUT2D eigenvalue weighted by atomic mass is 10.1. The molecule has 0 heterocycles. The highest BCUT2D eigenvalue weighted by Gasteiger charge is 2.30. The van der Waals surface area contributed by atoms with E-state index in [9.17, 15) is 18.0 Å². The Bertz CT molecular complexity index is 1090. The van der Waals surface area contributed by atoms with Crippen LogP contribution in [0.15, 0.2) is 53.0 Å². The van der Waals surface area contributed by atoms with Crippen molar-refractivity contribution in [1.29, 1.82) is 0 Å². The molecule has 1 atom stereocenters. The summed E-state index contributed by atoms with van der Waals surface area (Å²) in [6, 6.07) is 13.1. The van der Waals surface area contributed by atoms with Gasteiger partial charge in [-0.05, 0) is 43.2 Å². The minimum atomic E-state index is -3.79. The number of anilines is 1. The number of hydrogen-bond acceptors (Lipinski definition) is 5. The minimum Gasteiger partial charge on any atom is -0.497 e. The van der Waals surface area contributed by atoms with E-state index in [-0.39, 0.29) is 12.5 Å². The van der Waals surface area contributed by atoms with Crippen molar-refractivity contribution in [2.24, 2.45) is 0 Å². The van der Waals surface area contributed by atoms with Crippen molar-refractivity contribution in [3.63, 3.8) is 0 Å². The van der Waals surface area contributed by atoms with E-state index >= 15 is 0 Å². The van der Waals surface area contributed by atoms with Crippen LogP contribution in [0.25, 0.3) is 0 Å². The van der Waals surface area contributed by atoms with Crippen molar-refractivity contribution in [1.82, 2.24) is 10.2 Å². The first-order valence-electron chi connectivity index (χ1n) is 11.0. The summed E-state index contributed by atoms with van der Waals surface area (Å²) in [7, 11) is -2.31. The van der Waals surface area contributed by atoms with Crippen molar-refractivity contribution in [2.75, 3.05) is 30.8 Å². The average molecular weight is 555 g/mol. The molecule has 0 saturated carbocycles. The molecule has 0 saturated heterocycles. The van der Waals surface area contributed by atoms with E-state index in [2.05, 4.69) is 21.2 Å². The molecule has 0 radical (unpaired) electrons. The lowest BCUT2D eigenvalue weighted by molar-refractivity contribution is -0.139. The van der Waals surface area contributed by atoms with E-state index in [4.69, 9.17) is 4.74 Å². The third-order valence-electron chi connectivity index (χ3n) is 5.26. The molecule has 2 rings (SSSR count). The van der Waals surface area contributed by atoms with Crippen LogP contribution in [0.4, 0.5) is 5.69 Å². The number of amides is 2. The number of nitrogens with zero attached hydrogens (tertiary/aromatic N) is 2. The maximum atomic E-state index is 13.5. The van der Waals surface area contributed by atoms with Crippen LogP contribution in [0.1, 0.15) is 32.3 Å². The van der Waals surface area contributed by atoms with Crippen molar-refractivity contribution in [2.45, 2.75) is 39.3 Å². The molecule has 0 aromatic heterocycles. The number of benzene rings is 2. The quantitative estimate of drug-likeness (QED) is 0.405. The highest BCUT2D eigenvalue weighted by Crippen LogP contribution is 2.24. The predicted octanol–water partition coefficient (Wildman–Crippen LogP) is 3.56. The van der Waals surface area contributed by atoms with Crippen LogP contribution in [0.3, 0.4) is 0 Å². The topological polar surface area (TPSA) is 96.0 Å². The van der Waals surface area contributed by atoms with Gasteiger partial charge in [0.15, 0.2) is 0 Å². The molecule has 0 aliphatic heterocycles. The van der Waals surface area contributed by atoms with Gasteiger partial charge in [-0.3, -0.25) is 13.9 Å². The first-order valence-corrected chi connectivity index (χ1v) is 13.6. The summed E-state index contributed by atoms with van der Waals surface area (Å²) in [6.45, 7) is 3.88. The summed E-state index contributed by atoms with van der Waals surface area (Å²) in [5.41, 5.74) is 1.11. The second-order valence-corrected chi connectivity index (χ2v) is 10.8. The van der Waals surface area contributed by atoms with Gasteiger partial charge in [-0.15, -0.1) is 0 Å². The lowest BCUT2D eigenvalue weighted by Gasteiger charge is -2.31. The van der Waals surface area contributed by atoms with Crippen LogP contribution < -0.4 is 14.4 Å². The Morgan fingerprint density at radius 3 is 2.47 bits per heavy atom. The largest absolute Gasteiger partial charge is 0.497 e. The van der Waals surface area contributed by atoms with Crippen LogP contribution in [-0.2, 0) is 26.2 Å². The van der Waals surface area contributed by atoms with Gasteiger partial charge >= 0.3 is 0 Å². The molecule has 0 aliphatic rings. The van der Waals surface area contributed by atoms with Crippen molar-refractivity contribution in [3.05, 3.63) is 58.6 Å². The molecule has 8 nitrogen and oxygen atoms in total. The van der Waals surface area contributed by atoms with Crippen molar-refractivity contribution < 1.29 is 22.7 Å². The Labute approximate surface area is 210 Å². The SMILES string of the molecule is CCCCNC(=O)[C@H](C)N(Cc1cccc(Br)c1)C(=O)CN(c1cccc(OC)c1)S(C)(=O)=O.